The second kappa shape index (κ2) is 3.21. The molecule has 0 amide bonds. The van der Waals surface area contributed by atoms with Gasteiger partial charge in [0.1, 0.15) is 0 Å². The molecule has 1 fully saturated rings. The first-order valence-electron chi connectivity index (χ1n) is 3.87. The number of hydrogen-bond acceptors (Lipinski definition) is 1. The monoisotopic (exact) mass is 128 g/mol. The van der Waals surface area contributed by atoms with Crippen molar-refractivity contribution in [1.82, 2.24) is 0 Å². The van der Waals surface area contributed by atoms with Gasteiger partial charge in [0.05, 0.1) is 6.10 Å². The highest BCUT2D eigenvalue weighted by atomic mass is 16.5. The van der Waals surface area contributed by atoms with Crippen molar-refractivity contribution >= 4 is 0 Å². The second-order valence-corrected chi connectivity index (χ2v) is 3.04. The van der Waals surface area contributed by atoms with Crippen molar-refractivity contribution in [3.8, 4) is 0 Å². The van der Waals surface area contributed by atoms with Gasteiger partial charge in [-0.15, -0.1) is 0 Å². The fourth-order valence-corrected chi connectivity index (χ4v) is 1.63. The van der Waals surface area contributed by atoms with Crippen molar-refractivity contribution in [3.05, 3.63) is 0 Å². The van der Waals surface area contributed by atoms with E-state index in [-0.39, 0.29) is 0 Å². The Morgan fingerprint density at radius 2 is 1.89 bits per heavy atom. The van der Waals surface area contributed by atoms with Gasteiger partial charge in [0.2, 0.25) is 0 Å². The van der Waals surface area contributed by atoms with Crippen LogP contribution in [0.5, 0.6) is 0 Å². The molecular formula is C8H16O. The third-order valence-electron chi connectivity index (χ3n) is 2.34. The molecule has 0 heterocycles. The van der Waals surface area contributed by atoms with E-state index >= 15 is 0 Å². The number of hydrogen-bond donors (Lipinski definition) is 0. The van der Waals surface area contributed by atoms with Gasteiger partial charge in [0.25, 0.3) is 0 Å². The maximum atomic E-state index is 5.30. The van der Waals surface area contributed by atoms with Crippen LogP contribution in [0.25, 0.3) is 0 Å². The molecule has 1 aliphatic carbocycles. The Kier molecular flexibility index (Phi) is 2.52. The van der Waals surface area contributed by atoms with Crippen LogP contribution in [0, 0.1) is 5.92 Å². The summed E-state index contributed by atoms with van der Waals surface area (Å²) in [5, 5.41) is 0. The number of rotatable bonds is 1. The lowest BCUT2D eigenvalue weighted by molar-refractivity contribution is 0.0310. The van der Waals surface area contributed by atoms with E-state index in [0.717, 1.165) is 5.92 Å². The summed E-state index contributed by atoms with van der Waals surface area (Å²) in [6.07, 6.45) is 5.96. The standard InChI is InChI=1S/C8H16O/c1-7-5-3-4-6-8(7)9-2/h7-8H,3-6H2,1-2H3/t7-,8?/m0/s1. The molecule has 0 aliphatic heterocycles. The van der Waals surface area contributed by atoms with Gasteiger partial charge < -0.3 is 4.74 Å². The Morgan fingerprint density at radius 3 is 2.33 bits per heavy atom. The Bertz CT molecular complexity index is 80.6. The zero-order chi connectivity index (χ0) is 6.69. The van der Waals surface area contributed by atoms with E-state index in [1.807, 2.05) is 7.11 Å². The van der Waals surface area contributed by atoms with Crippen LogP contribution < -0.4 is 0 Å². The molecule has 9 heavy (non-hydrogen) atoms. The molecule has 0 saturated heterocycles. The second-order valence-electron chi connectivity index (χ2n) is 3.04. The minimum absolute atomic E-state index is 0.554. The molecule has 1 heteroatoms. The van der Waals surface area contributed by atoms with Crippen LogP contribution in [0.1, 0.15) is 32.6 Å². The number of methoxy groups -OCH3 is 1. The van der Waals surface area contributed by atoms with Crippen LogP contribution in [-0.4, -0.2) is 13.2 Å². The Balaban J connectivity index is 2.30. The quantitative estimate of drug-likeness (QED) is 0.526. The molecule has 0 aromatic rings. The van der Waals surface area contributed by atoms with Crippen molar-refractivity contribution in [2.45, 2.75) is 38.7 Å². The Labute approximate surface area is 57.4 Å². The SMILES string of the molecule is COC1CCCC[C@@H]1C. The zero-order valence-electron chi connectivity index (χ0n) is 6.39. The van der Waals surface area contributed by atoms with E-state index in [9.17, 15) is 0 Å². The van der Waals surface area contributed by atoms with Gasteiger partial charge in [-0.3, -0.25) is 0 Å². The normalized spacial score (nSPS) is 36.7. The lowest BCUT2D eigenvalue weighted by Crippen LogP contribution is -2.23. The summed E-state index contributed by atoms with van der Waals surface area (Å²) in [4.78, 5) is 0. The smallest absolute Gasteiger partial charge is 0.0596 e. The van der Waals surface area contributed by atoms with Gasteiger partial charge in [-0.25, -0.2) is 0 Å². The lowest BCUT2D eigenvalue weighted by atomic mass is 9.88. The minimum Gasteiger partial charge on any atom is -0.381 e. The summed E-state index contributed by atoms with van der Waals surface area (Å²) >= 11 is 0. The summed E-state index contributed by atoms with van der Waals surface area (Å²) in [6, 6.07) is 0. The van der Waals surface area contributed by atoms with Gasteiger partial charge in [0, 0.05) is 7.11 Å². The van der Waals surface area contributed by atoms with Gasteiger partial charge in [-0.1, -0.05) is 19.8 Å². The summed E-state index contributed by atoms with van der Waals surface area (Å²) in [6.45, 7) is 2.29. The minimum atomic E-state index is 0.554. The largest absolute Gasteiger partial charge is 0.381 e. The average molecular weight is 128 g/mol. The maximum Gasteiger partial charge on any atom is 0.0596 e. The molecular weight excluding hydrogens is 112 g/mol. The first kappa shape index (κ1) is 7.07. The van der Waals surface area contributed by atoms with Crippen LogP contribution in [0.3, 0.4) is 0 Å². The summed E-state index contributed by atoms with van der Waals surface area (Å²) < 4.78 is 5.30. The van der Waals surface area contributed by atoms with E-state index < -0.39 is 0 Å². The highest BCUT2D eigenvalue weighted by molar-refractivity contribution is 4.71. The first-order valence-corrected chi connectivity index (χ1v) is 3.87. The molecule has 0 bridgehead atoms. The molecule has 2 atom stereocenters. The van der Waals surface area contributed by atoms with E-state index in [2.05, 4.69) is 6.92 Å². The molecule has 0 N–H and O–H groups in total. The van der Waals surface area contributed by atoms with Crippen LogP contribution in [0.4, 0.5) is 0 Å². The first-order chi connectivity index (χ1) is 4.34. The van der Waals surface area contributed by atoms with Gasteiger partial charge in [-0.2, -0.15) is 0 Å². The molecule has 0 spiro atoms. The summed E-state index contributed by atoms with van der Waals surface area (Å²) in [5.41, 5.74) is 0. The molecule has 1 nitrogen and oxygen atoms in total. The highest BCUT2D eigenvalue weighted by Gasteiger charge is 2.19. The fraction of sp³-hybridized carbons (Fsp3) is 1.00. The summed E-state index contributed by atoms with van der Waals surface area (Å²) in [5.74, 6) is 0.795. The van der Waals surface area contributed by atoms with Crippen LogP contribution in [0.15, 0.2) is 0 Å². The van der Waals surface area contributed by atoms with E-state index in [1.54, 1.807) is 0 Å². The van der Waals surface area contributed by atoms with Crippen molar-refractivity contribution in [2.24, 2.45) is 5.92 Å². The molecule has 0 aromatic carbocycles. The van der Waals surface area contributed by atoms with E-state index in [1.165, 1.54) is 25.7 Å². The van der Waals surface area contributed by atoms with Crippen LogP contribution in [-0.2, 0) is 4.74 Å². The predicted molar refractivity (Wildman–Crippen MR) is 38.4 cm³/mol. The van der Waals surface area contributed by atoms with Gasteiger partial charge in [-0.05, 0) is 18.8 Å². The maximum absolute atomic E-state index is 5.30. The number of ether oxygens (including phenoxy) is 1. The van der Waals surface area contributed by atoms with Crippen molar-refractivity contribution in [3.63, 3.8) is 0 Å². The average Bonchev–Trinajstić information content (AvgIpc) is 1.89. The molecule has 1 rings (SSSR count). The summed E-state index contributed by atoms with van der Waals surface area (Å²) in [7, 11) is 1.83. The Morgan fingerprint density at radius 1 is 1.22 bits per heavy atom. The molecule has 1 aliphatic rings. The van der Waals surface area contributed by atoms with Crippen LogP contribution in [0.2, 0.25) is 0 Å². The Hall–Kier alpha value is -0.0400. The highest BCUT2D eigenvalue weighted by Crippen LogP contribution is 2.25. The molecule has 54 valence electrons. The molecule has 0 radical (unpaired) electrons. The lowest BCUT2D eigenvalue weighted by Gasteiger charge is -2.26. The van der Waals surface area contributed by atoms with Crippen molar-refractivity contribution in [2.75, 3.05) is 7.11 Å². The van der Waals surface area contributed by atoms with E-state index in [0.29, 0.717) is 6.10 Å². The third kappa shape index (κ3) is 1.68. The molecule has 1 saturated carbocycles. The van der Waals surface area contributed by atoms with E-state index in [4.69, 9.17) is 4.74 Å². The molecule has 1 unspecified atom stereocenters. The van der Waals surface area contributed by atoms with Crippen molar-refractivity contribution < 1.29 is 4.74 Å². The topological polar surface area (TPSA) is 9.23 Å². The molecule has 0 aromatic heterocycles. The van der Waals surface area contributed by atoms with Crippen molar-refractivity contribution in [1.29, 1.82) is 0 Å². The third-order valence-corrected chi connectivity index (χ3v) is 2.34. The zero-order valence-corrected chi connectivity index (χ0v) is 6.39. The van der Waals surface area contributed by atoms with Gasteiger partial charge in [0.15, 0.2) is 0 Å². The predicted octanol–water partition coefficient (Wildman–Crippen LogP) is 2.21. The van der Waals surface area contributed by atoms with Gasteiger partial charge >= 0.3 is 0 Å². The van der Waals surface area contributed by atoms with Crippen LogP contribution >= 0.6 is 0 Å². The fourth-order valence-electron chi connectivity index (χ4n) is 1.63.